The molecule has 0 radical (unpaired) electrons. The molecule has 0 N–H and O–H groups in total. The molecule has 11 heteroatoms. The third-order valence-electron chi connectivity index (χ3n) is 4.48. The van der Waals surface area contributed by atoms with Crippen molar-refractivity contribution in [3.05, 3.63) is 59.0 Å². The van der Waals surface area contributed by atoms with Crippen molar-refractivity contribution in [2.75, 3.05) is 7.05 Å². The van der Waals surface area contributed by atoms with Crippen molar-refractivity contribution in [2.24, 2.45) is 0 Å². The Morgan fingerprint density at radius 3 is 2.67 bits per heavy atom. The average Bonchev–Trinajstić information content (AvgIpc) is 3.45. The first-order chi connectivity index (χ1) is 14.3. The van der Waals surface area contributed by atoms with Crippen LogP contribution in [0.2, 0.25) is 0 Å². The fourth-order valence-corrected chi connectivity index (χ4v) is 3.69. The van der Waals surface area contributed by atoms with Crippen molar-refractivity contribution < 1.29 is 18.0 Å². The van der Waals surface area contributed by atoms with Gasteiger partial charge in [0, 0.05) is 25.9 Å². The molecule has 0 fully saturated rings. The summed E-state index contributed by atoms with van der Waals surface area (Å²) in [5.74, 6) is -0.516. The van der Waals surface area contributed by atoms with Crippen LogP contribution in [0.15, 0.2) is 41.9 Å². The Balaban J connectivity index is 1.70. The third-order valence-corrected chi connectivity index (χ3v) is 5.37. The van der Waals surface area contributed by atoms with Crippen LogP contribution in [0, 0.1) is 0 Å². The highest BCUT2D eigenvalue weighted by atomic mass is 32.1. The molecule has 0 aliphatic carbocycles. The van der Waals surface area contributed by atoms with Crippen LogP contribution in [-0.2, 0) is 19.3 Å². The summed E-state index contributed by atoms with van der Waals surface area (Å²) in [7, 11) is 1.55. The maximum absolute atomic E-state index is 13.6. The molecule has 0 saturated heterocycles. The van der Waals surface area contributed by atoms with Crippen molar-refractivity contribution in [3.63, 3.8) is 0 Å². The minimum atomic E-state index is -4.65. The van der Waals surface area contributed by atoms with Crippen molar-refractivity contribution in [1.82, 2.24) is 29.3 Å². The molecule has 0 spiro atoms. The summed E-state index contributed by atoms with van der Waals surface area (Å²) in [6.45, 7) is 2.85. The van der Waals surface area contributed by atoms with E-state index >= 15 is 0 Å². The SMILES string of the molecule is CCn1ccc(CN(C)C(=O)c2cc3nc(-c4cccs4)cc(C(F)(F)F)n3n2)n1. The van der Waals surface area contributed by atoms with Gasteiger partial charge >= 0.3 is 6.18 Å². The van der Waals surface area contributed by atoms with Gasteiger partial charge < -0.3 is 4.90 Å². The maximum atomic E-state index is 13.6. The van der Waals surface area contributed by atoms with Crippen LogP contribution in [0.3, 0.4) is 0 Å². The van der Waals surface area contributed by atoms with Crippen molar-refractivity contribution in [3.8, 4) is 10.6 Å². The molecule has 0 bridgehead atoms. The van der Waals surface area contributed by atoms with Gasteiger partial charge in [-0.3, -0.25) is 9.48 Å². The molecule has 0 aromatic carbocycles. The van der Waals surface area contributed by atoms with E-state index in [4.69, 9.17) is 0 Å². The largest absolute Gasteiger partial charge is 0.433 e. The Morgan fingerprint density at radius 1 is 1.23 bits per heavy atom. The number of hydrogen-bond acceptors (Lipinski definition) is 5. The lowest BCUT2D eigenvalue weighted by Gasteiger charge is -2.14. The number of amides is 1. The number of halogens is 3. The van der Waals surface area contributed by atoms with Gasteiger partial charge in [-0.05, 0) is 30.5 Å². The van der Waals surface area contributed by atoms with Gasteiger partial charge in [0.15, 0.2) is 17.0 Å². The molecule has 4 rings (SSSR count). The third kappa shape index (κ3) is 3.80. The number of nitrogens with zero attached hydrogens (tertiary/aromatic N) is 6. The van der Waals surface area contributed by atoms with Gasteiger partial charge in [-0.25, -0.2) is 9.50 Å². The van der Waals surface area contributed by atoms with Gasteiger partial charge in [-0.1, -0.05) is 6.07 Å². The highest BCUT2D eigenvalue weighted by Gasteiger charge is 2.36. The zero-order valence-electron chi connectivity index (χ0n) is 16.1. The van der Waals surface area contributed by atoms with Crippen LogP contribution in [0.4, 0.5) is 13.2 Å². The summed E-state index contributed by atoms with van der Waals surface area (Å²) in [5, 5.41) is 9.98. The monoisotopic (exact) mass is 434 g/mol. The Bertz CT molecular complexity index is 1200. The number of fused-ring (bicyclic) bond motifs is 1. The highest BCUT2D eigenvalue weighted by molar-refractivity contribution is 7.13. The molecule has 30 heavy (non-hydrogen) atoms. The van der Waals surface area contributed by atoms with E-state index < -0.39 is 17.8 Å². The van der Waals surface area contributed by atoms with Gasteiger partial charge in [0.25, 0.3) is 5.91 Å². The Kier molecular flexibility index (Phi) is 5.06. The molecule has 4 heterocycles. The van der Waals surface area contributed by atoms with Crippen LogP contribution in [-0.4, -0.2) is 42.2 Å². The fraction of sp³-hybridized carbons (Fsp3) is 0.263. The number of aromatic nitrogens is 5. The zero-order valence-corrected chi connectivity index (χ0v) is 16.9. The number of rotatable bonds is 5. The van der Waals surface area contributed by atoms with Gasteiger partial charge in [0.1, 0.15) is 0 Å². The maximum Gasteiger partial charge on any atom is 0.433 e. The molecule has 4 aromatic heterocycles. The Morgan fingerprint density at radius 2 is 2.03 bits per heavy atom. The lowest BCUT2D eigenvalue weighted by atomic mass is 10.2. The second-order valence-electron chi connectivity index (χ2n) is 6.63. The molecule has 0 aliphatic heterocycles. The number of carbonyl (C=O) groups excluding carboxylic acids is 1. The van der Waals surface area contributed by atoms with E-state index in [1.54, 1.807) is 41.5 Å². The lowest BCUT2D eigenvalue weighted by Crippen LogP contribution is -2.27. The second kappa shape index (κ2) is 7.56. The van der Waals surface area contributed by atoms with E-state index in [2.05, 4.69) is 15.2 Å². The molecule has 0 atom stereocenters. The smallest absolute Gasteiger partial charge is 0.334 e. The highest BCUT2D eigenvalue weighted by Crippen LogP contribution is 2.33. The van der Waals surface area contributed by atoms with E-state index in [1.165, 1.54) is 22.3 Å². The van der Waals surface area contributed by atoms with Gasteiger partial charge in [0.2, 0.25) is 0 Å². The predicted octanol–water partition coefficient (Wildman–Crippen LogP) is 3.97. The van der Waals surface area contributed by atoms with Gasteiger partial charge in [-0.15, -0.1) is 11.3 Å². The summed E-state index contributed by atoms with van der Waals surface area (Å²) in [6, 6.07) is 7.43. The Hall–Kier alpha value is -3.21. The predicted molar refractivity (Wildman–Crippen MR) is 105 cm³/mol. The average molecular weight is 434 g/mol. The number of aryl methyl sites for hydroxylation is 1. The van der Waals surface area contributed by atoms with Gasteiger partial charge in [0.05, 0.1) is 22.8 Å². The summed E-state index contributed by atoms with van der Waals surface area (Å²) in [6.07, 6.45) is -2.86. The molecular formula is C19H17F3N6OS. The molecule has 156 valence electrons. The number of hydrogen-bond donors (Lipinski definition) is 0. The van der Waals surface area contributed by atoms with E-state index in [0.29, 0.717) is 21.6 Å². The fourth-order valence-electron chi connectivity index (χ4n) is 3.01. The zero-order chi connectivity index (χ0) is 21.5. The first-order valence-electron chi connectivity index (χ1n) is 9.06. The number of carbonyl (C=O) groups is 1. The van der Waals surface area contributed by atoms with Crippen molar-refractivity contribution in [2.45, 2.75) is 26.2 Å². The van der Waals surface area contributed by atoms with Crippen LogP contribution in [0.25, 0.3) is 16.2 Å². The first-order valence-corrected chi connectivity index (χ1v) is 9.94. The summed E-state index contributed by atoms with van der Waals surface area (Å²) in [5.41, 5.74) is -0.291. The van der Waals surface area contributed by atoms with Crippen LogP contribution < -0.4 is 0 Å². The summed E-state index contributed by atoms with van der Waals surface area (Å²) >= 11 is 1.28. The first kappa shape index (κ1) is 20.1. The second-order valence-corrected chi connectivity index (χ2v) is 7.57. The van der Waals surface area contributed by atoms with Crippen molar-refractivity contribution >= 4 is 22.9 Å². The van der Waals surface area contributed by atoms with E-state index in [1.807, 2.05) is 6.92 Å². The minimum Gasteiger partial charge on any atom is -0.334 e. The van der Waals surface area contributed by atoms with Gasteiger partial charge in [-0.2, -0.15) is 23.4 Å². The van der Waals surface area contributed by atoms with Crippen molar-refractivity contribution in [1.29, 1.82) is 0 Å². The number of alkyl halides is 3. The molecule has 1 amide bonds. The summed E-state index contributed by atoms with van der Waals surface area (Å²) in [4.78, 5) is 19.0. The van der Waals surface area contributed by atoms with Crippen LogP contribution >= 0.6 is 11.3 Å². The molecule has 7 nitrogen and oxygen atoms in total. The van der Waals surface area contributed by atoms with E-state index in [-0.39, 0.29) is 23.6 Å². The minimum absolute atomic E-state index is 0.0414. The molecular weight excluding hydrogens is 417 g/mol. The topological polar surface area (TPSA) is 68.3 Å². The van der Waals surface area contributed by atoms with E-state index in [9.17, 15) is 18.0 Å². The molecule has 0 aliphatic rings. The summed E-state index contributed by atoms with van der Waals surface area (Å²) < 4.78 is 43.3. The van der Waals surface area contributed by atoms with Crippen LogP contribution in [0.1, 0.15) is 28.8 Å². The molecule has 0 saturated carbocycles. The quantitative estimate of drug-likeness (QED) is 0.477. The standard InChI is InChI=1S/C19H17F3N6OS/c1-3-27-7-6-12(24-27)11-26(2)18(29)14-10-17-23-13(15-5-4-8-30-15)9-16(19(20,21)22)28(17)25-14/h4-10H,3,11H2,1-2H3. The molecule has 0 unspecified atom stereocenters. The van der Waals surface area contributed by atoms with Crippen LogP contribution in [0.5, 0.6) is 0 Å². The normalized spacial score (nSPS) is 11.9. The van der Waals surface area contributed by atoms with E-state index in [0.717, 1.165) is 6.07 Å². The molecule has 4 aromatic rings. The Labute approximate surface area is 173 Å². The number of thiophene rings is 1. The lowest BCUT2D eigenvalue weighted by molar-refractivity contribution is -0.142.